The lowest BCUT2D eigenvalue weighted by Gasteiger charge is -2.39. The number of carbonyl (C=O) groups excluding carboxylic acids is 2. The van der Waals surface area contributed by atoms with E-state index in [-0.39, 0.29) is 36.2 Å². The number of hydrogen-bond acceptors (Lipinski definition) is 8. The lowest BCUT2D eigenvalue weighted by molar-refractivity contribution is -0.148. The number of hydrogen-bond donors (Lipinski definition) is 3. The van der Waals surface area contributed by atoms with E-state index in [2.05, 4.69) is 18.3 Å². The summed E-state index contributed by atoms with van der Waals surface area (Å²) in [4.78, 5) is 23.4. The molecule has 0 radical (unpaired) electrons. The number of amides is 1. The van der Waals surface area contributed by atoms with Crippen molar-refractivity contribution in [3.63, 3.8) is 0 Å². The highest BCUT2D eigenvalue weighted by Gasteiger charge is 2.58. The molecule has 0 saturated carbocycles. The van der Waals surface area contributed by atoms with E-state index < -0.39 is 35.5 Å². The van der Waals surface area contributed by atoms with Crippen LogP contribution in [-0.2, 0) is 28.5 Å². The fourth-order valence-electron chi connectivity index (χ4n) is 5.44. The van der Waals surface area contributed by atoms with Crippen LogP contribution in [0.4, 0.5) is 0 Å². The smallest absolute Gasteiger partial charge is 0.303 e. The molecule has 3 aliphatic heterocycles. The number of aliphatic hydroxyl groups is 2. The number of allylic oxidation sites excluding steroid dienone is 2. The quantitative estimate of drug-likeness (QED) is 0.164. The standard InChI is InChI=1S/C30H47NO8/c1-18(9-12-26-28(34)30(17-36-30)16-23(39-26)15-29(6,7)35)8-11-25-19(2)14-24(21(4)38-25)31-27(33)13-10-20(3)37-22(5)32/h8-10,12-13,19-21,23-26,28,34-35H,11,14-17H2,1-7H3,(H,31,33)/b12-9+,13-10-,18-8+/t19-,20-,21+,23+,24+,25-,26+,28+,30+/m0/s1. The van der Waals surface area contributed by atoms with Crippen molar-refractivity contribution in [2.24, 2.45) is 5.92 Å². The number of nitrogens with one attached hydrogen (secondary N) is 1. The normalized spacial score (nSPS) is 36.3. The summed E-state index contributed by atoms with van der Waals surface area (Å²) in [5, 5.41) is 24.0. The maximum atomic E-state index is 12.3. The van der Waals surface area contributed by atoms with Gasteiger partial charge in [0.25, 0.3) is 0 Å². The minimum absolute atomic E-state index is 0.0202. The fourth-order valence-corrected chi connectivity index (χ4v) is 5.44. The predicted octanol–water partition coefficient (Wildman–Crippen LogP) is 3.13. The summed E-state index contributed by atoms with van der Waals surface area (Å²) in [5.74, 6) is -0.392. The molecule has 3 rings (SSSR count). The lowest BCUT2D eigenvalue weighted by Crippen LogP contribution is -2.51. The first-order valence-electron chi connectivity index (χ1n) is 14.0. The summed E-state index contributed by atoms with van der Waals surface area (Å²) in [6.07, 6.45) is 9.46. The van der Waals surface area contributed by atoms with Gasteiger partial charge in [0.1, 0.15) is 23.9 Å². The molecule has 0 unspecified atom stereocenters. The molecule has 3 aliphatic rings. The Labute approximate surface area is 232 Å². The van der Waals surface area contributed by atoms with E-state index >= 15 is 0 Å². The zero-order valence-electron chi connectivity index (χ0n) is 24.4. The van der Waals surface area contributed by atoms with Crippen LogP contribution in [0.3, 0.4) is 0 Å². The molecule has 9 atom stereocenters. The topological polar surface area (TPSA) is 127 Å². The second kappa shape index (κ2) is 13.1. The molecule has 1 spiro atoms. The molecule has 0 aromatic carbocycles. The minimum Gasteiger partial charge on any atom is -0.459 e. The summed E-state index contributed by atoms with van der Waals surface area (Å²) < 4.78 is 23.0. The first-order chi connectivity index (χ1) is 18.2. The summed E-state index contributed by atoms with van der Waals surface area (Å²) in [7, 11) is 0. The zero-order valence-corrected chi connectivity index (χ0v) is 24.4. The molecule has 9 nitrogen and oxygen atoms in total. The van der Waals surface area contributed by atoms with Crippen LogP contribution in [-0.4, -0.2) is 82.6 Å². The van der Waals surface area contributed by atoms with Gasteiger partial charge in [0.05, 0.1) is 36.6 Å². The first-order valence-corrected chi connectivity index (χ1v) is 14.0. The van der Waals surface area contributed by atoms with Gasteiger partial charge in [-0.05, 0) is 59.5 Å². The van der Waals surface area contributed by atoms with E-state index in [0.717, 1.165) is 18.4 Å². The molecule has 3 fully saturated rings. The molecule has 39 heavy (non-hydrogen) atoms. The van der Waals surface area contributed by atoms with Crippen molar-refractivity contribution in [2.75, 3.05) is 6.61 Å². The maximum absolute atomic E-state index is 12.3. The third kappa shape index (κ3) is 9.53. The monoisotopic (exact) mass is 549 g/mol. The van der Waals surface area contributed by atoms with Crippen LogP contribution < -0.4 is 5.32 Å². The van der Waals surface area contributed by atoms with E-state index in [9.17, 15) is 19.8 Å². The van der Waals surface area contributed by atoms with Crippen LogP contribution in [0.2, 0.25) is 0 Å². The first kappa shape index (κ1) is 31.5. The van der Waals surface area contributed by atoms with E-state index in [4.69, 9.17) is 18.9 Å². The van der Waals surface area contributed by atoms with Gasteiger partial charge >= 0.3 is 5.97 Å². The van der Waals surface area contributed by atoms with Crippen LogP contribution >= 0.6 is 0 Å². The number of ether oxygens (including phenoxy) is 4. The van der Waals surface area contributed by atoms with Gasteiger partial charge in [0.15, 0.2) is 0 Å². The van der Waals surface area contributed by atoms with Gasteiger partial charge in [0, 0.05) is 25.8 Å². The number of aliphatic hydroxyl groups excluding tert-OH is 1. The van der Waals surface area contributed by atoms with Crippen LogP contribution in [0.5, 0.6) is 0 Å². The van der Waals surface area contributed by atoms with Gasteiger partial charge < -0.3 is 34.5 Å². The van der Waals surface area contributed by atoms with Gasteiger partial charge in [-0.1, -0.05) is 30.7 Å². The van der Waals surface area contributed by atoms with Gasteiger partial charge in [-0.2, -0.15) is 0 Å². The Morgan fingerprint density at radius 3 is 2.51 bits per heavy atom. The van der Waals surface area contributed by atoms with E-state index in [1.165, 1.54) is 13.0 Å². The largest absolute Gasteiger partial charge is 0.459 e. The second-order valence-corrected chi connectivity index (χ2v) is 12.2. The molecule has 220 valence electrons. The Morgan fingerprint density at radius 1 is 1.21 bits per heavy atom. The van der Waals surface area contributed by atoms with Crippen LogP contribution in [0.1, 0.15) is 74.1 Å². The van der Waals surface area contributed by atoms with Crippen molar-refractivity contribution >= 4 is 11.9 Å². The van der Waals surface area contributed by atoms with E-state index in [0.29, 0.717) is 19.4 Å². The molecular weight excluding hydrogens is 502 g/mol. The van der Waals surface area contributed by atoms with Gasteiger partial charge in [-0.15, -0.1) is 0 Å². The third-order valence-corrected chi connectivity index (χ3v) is 7.65. The second-order valence-electron chi connectivity index (χ2n) is 12.2. The summed E-state index contributed by atoms with van der Waals surface area (Å²) in [5.41, 5.74) is -0.388. The molecule has 0 aromatic heterocycles. The highest BCUT2D eigenvalue weighted by Crippen LogP contribution is 2.44. The fraction of sp³-hybridized carbons (Fsp3) is 0.733. The van der Waals surface area contributed by atoms with Crippen molar-refractivity contribution in [2.45, 2.75) is 128 Å². The van der Waals surface area contributed by atoms with Crippen molar-refractivity contribution in [3.8, 4) is 0 Å². The number of carbonyl (C=O) groups is 2. The maximum Gasteiger partial charge on any atom is 0.303 e. The molecule has 9 heteroatoms. The Hall–Kier alpha value is -2.04. The van der Waals surface area contributed by atoms with Crippen molar-refractivity contribution in [1.29, 1.82) is 0 Å². The van der Waals surface area contributed by atoms with E-state index in [1.54, 1.807) is 26.8 Å². The summed E-state index contributed by atoms with van der Waals surface area (Å²) in [6, 6.07) is -0.110. The molecule has 3 saturated heterocycles. The zero-order chi connectivity index (χ0) is 29.0. The average molecular weight is 550 g/mol. The van der Waals surface area contributed by atoms with Crippen LogP contribution in [0.15, 0.2) is 36.0 Å². The average Bonchev–Trinajstić information content (AvgIpc) is 3.58. The molecule has 0 bridgehead atoms. The molecular formula is C30H47NO8. The van der Waals surface area contributed by atoms with Crippen LogP contribution in [0, 0.1) is 5.92 Å². The Bertz CT molecular complexity index is 947. The van der Waals surface area contributed by atoms with Gasteiger partial charge in [0.2, 0.25) is 5.91 Å². The minimum atomic E-state index is -0.858. The molecule has 3 heterocycles. The van der Waals surface area contributed by atoms with Crippen molar-refractivity contribution < 1.29 is 38.7 Å². The molecule has 3 N–H and O–H groups in total. The lowest BCUT2D eigenvalue weighted by atomic mass is 9.85. The Morgan fingerprint density at radius 2 is 1.90 bits per heavy atom. The van der Waals surface area contributed by atoms with Crippen LogP contribution in [0.25, 0.3) is 0 Å². The highest BCUT2D eigenvalue weighted by atomic mass is 16.6. The van der Waals surface area contributed by atoms with Crippen molar-refractivity contribution in [3.05, 3.63) is 36.0 Å². The Kier molecular flexibility index (Phi) is 10.6. The number of esters is 1. The highest BCUT2D eigenvalue weighted by molar-refractivity contribution is 5.87. The number of rotatable bonds is 10. The Balaban J connectivity index is 1.50. The molecule has 0 aromatic rings. The van der Waals surface area contributed by atoms with Gasteiger partial charge in [-0.3, -0.25) is 9.59 Å². The molecule has 0 aliphatic carbocycles. The third-order valence-electron chi connectivity index (χ3n) is 7.65. The predicted molar refractivity (Wildman–Crippen MR) is 147 cm³/mol. The van der Waals surface area contributed by atoms with Gasteiger partial charge in [-0.25, -0.2) is 0 Å². The van der Waals surface area contributed by atoms with Crippen molar-refractivity contribution in [1.82, 2.24) is 5.32 Å². The summed E-state index contributed by atoms with van der Waals surface area (Å²) >= 11 is 0. The summed E-state index contributed by atoms with van der Waals surface area (Å²) in [6.45, 7) is 13.2. The SMILES string of the molecule is CC(=O)O[C@@H](C)/C=C\C(=O)N[C@@H]1C[C@H](C)[C@H](C/C=C(C)/C=C/[C@H]2O[C@H](CC(C)(C)O)C[C@@]3(CO3)[C@@H]2O)O[C@@H]1C. The van der Waals surface area contributed by atoms with E-state index in [1.807, 2.05) is 26.0 Å². The molecule has 1 amide bonds. The number of epoxide rings is 1.